The number of rotatable bonds is 3. The van der Waals surface area contributed by atoms with Crippen LogP contribution in [0.3, 0.4) is 0 Å². The Kier molecular flexibility index (Phi) is 2.52. The second-order valence-corrected chi connectivity index (χ2v) is 3.87. The van der Waals surface area contributed by atoms with Gasteiger partial charge in [0.25, 0.3) is 6.01 Å². The molecule has 2 N–H and O–H groups in total. The third-order valence-electron chi connectivity index (χ3n) is 2.73. The highest BCUT2D eigenvalue weighted by molar-refractivity contribution is 5.83. The van der Waals surface area contributed by atoms with Gasteiger partial charge in [-0.1, -0.05) is 0 Å². The molecule has 3 rings (SSSR count). The Morgan fingerprint density at radius 2 is 2.47 bits per heavy atom. The lowest BCUT2D eigenvalue weighted by Crippen LogP contribution is -2.19. The van der Waals surface area contributed by atoms with Crippen LogP contribution in [0.25, 0.3) is 11.2 Å². The first kappa shape index (κ1) is 10.3. The molecule has 0 aliphatic carbocycles. The number of nitrogens with zero attached hydrogens (tertiary/aromatic N) is 3. The summed E-state index contributed by atoms with van der Waals surface area (Å²) < 4.78 is 10.3. The predicted octanol–water partition coefficient (Wildman–Crippen LogP) is 0.562. The van der Waals surface area contributed by atoms with Crippen molar-refractivity contribution < 1.29 is 9.47 Å². The normalized spacial score (nSPS) is 19.7. The van der Waals surface area contributed by atoms with Gasteiger partial charge in [-0.25, -0.2) is 9.97 Å². The number of fused-ring (bicyclic) bond motifs is 1. The number of hydrogen-bond acceptors (Lipinski definition) is 6. The van der Waals surface area contributed by atoms with E-state index in [1.165, 1.54) is 6.33 Å². The molecule has 0 spiro atoms. The van der Waals surface area contributed by atoms with Crippen molar-refractivity contribution >= 4 is 17.0 Å². The summed E-state index contributed by atoms with van der Waals surface area (Å²) in [6, 6.07) is 0.730. The van der Waals surface area contributed by atoms with E-state index >= 15 is 0 Å². The van der Waals surface area contributed by atoms with E-state index in [0.29, 0.717) is 24.3 Å². The largest absolute Gasteiger partial charge is 0.468 e. The Balaban J connectivity index is 1.94. The summed E-state index contributed by atoms with van der Waals surface area (Å²) in [5, 5.41) is 3.32. The van der Waals surface area contributed by atoms with Crippen molar-refractivity contribution in [2.75, 3.05) is 25.6 Å². The van der Waals surface area contributed by atoms with Crippen LogP contribution >= 0.6 is 0 Å². The number of H-pyrrole nitrogens is 1. The van der Waals surface area contributed by atoms with Gasteiger partial charge in [0.15, 0.2) is 11.5 Å². The van der Waals surface area contributed by atoms with E-state index in [4.69, 9.17) is 9.47 Å². The average Bonchev–Trinajstić information content (AvgIpc) is 2.97. The van der Waals surface area contributed by atoms with Gasteiger partial charge in [0.05, 0.1) is 19.8 Å². The fraction of sp³-hybridized carbons (Fsp3) is 0.500. The summed E-state index contributed by atoms with van der Waals surface area (Å²) in [7, 11) is 1.56. The van der Waals surface area contributed by atoms with Gasteiger partial charge in [-0.2, -0.15) is 4.98 Å². The molecule has 7 nitrogen and oxygen atoms in total. The molecule has 90 valence electrons. The first-order chi connectivity index (χ1) is 8.36. The van der Waals surface area contributed by atoms with Gasteiger partial charge in [-0.3, -0.25) is 0 Å². The standard InChI is InChI=1S/C10H13N5O2/c1-16-10-14-7-8(11-5-12-9(7)15-10)13-6-2-3-17-4-6/h5-6H,2-4H2,1H3,(H2,11,12,13,14,15)/t6-/m1/s1. The number of aromatic amines is 1. The molecule has 17 heavy (non-hydrogen) atoms. The van der Waals surface area contributed by atoms with Gasteiger partial charge in [0, 0.05) is 6.61 Å². The van der Waals surface area contributed by atoms with Crippen LogP contribution in [-0.2, 0) is 4.74 Å². The smallest absolute Gasteiger partial charge is 0.295 e. The average molecular weight is 235 g/mol. The molecule has 2 aromatic heterocycles. The predicted molar refractivity (Wildman–Crippen MR) is 61.1 cm³/mol. The summed E-state index contributed by atoms with van der Waals surface area (Å²) >= 11 is 0. The van der Waals surface area contributed by atoms with Crippen molar-refractivity contribution in [3.8, 4) is 6.01 Å². The molecule has 1 aliphatic rings. The number of aromatic nitrogens is 4. The topological polar surface area (TPSA) is 85.0 Å². The summed E-state index contributed by atoms with van der Waals surface area (Å²) in [6.07, 6.45) is 2.47. The van der Waals surface area contributed by atoms with E-state index in [-0.39, 0.29) is 0 Å². The summed E-state index contributed by atoms with van der Waals surface area (Å²) in [6.45, 7) is 1.49. The van der Waals surface area contributed by atoms with Crippen LogP contribution in [0.15, 0.2) is 6.33 Å². The molecule has 0 bridgehead atoms. The molecule has 1 fully saturated rings. The Bertz CT molecular complexity index is 520. The van der Waals surface area contributed by atoms with Crippen molar-refractivity contribution in [1.29, 1.82) is 0 Å². The highest BCUT2D eigenvalue weighted by Crippen LogP contribution is 2.21. The zero-order valence-electron chi connectivity index (χ0n) is 9.43. The fourth-order valence-corrected chi connectivity index (χ4v) is 1.86. The van der Waals surface area contributed by atoms with Crippen molar-refractivity contribution in [3.05, 3.63) is 6.33 Å². The molecular weight excluding hydrogens is 222 g/mol. The number of hydrogen-bond donors (Lipinski definition) is 2. The molecule has 1 atom stereocenters. The van der Waals surface area contributed by atoms with Gasteiger partial charge in [-0.05, 0) is 6.42 Å². The molecule has 0 amide bonds. The van der Waals surface area contributed by atoms with E-state index in [2.05, 4.69) is 25.3 Å². The molecule has 2 aromatic rings. The van der Waals surface area contributed by atoms with Crippen LogP contribution in [-0.4, -0.2) is 46.3 Å². The van der Waals surface area contributed by atoms with Crippen molar-refractivity contribution in [2.24, 2.45) is 0 Å². The second-order valence-electron chi connectivity index (χ2n) is 3.87. The lowest BCUT2D eigenvalue weighted by Gasteiger charge is -2.10. The minimum Gasteiger partial charge on any atom is -0.468 e. The highest BCUT2D eigenvalue weighted by Gasteiger charge is 2.18. The molecule has 1 saturated heterocycles. The number of anilines is 1. The zero-order valence-corrected chi connectivity index (χ0v) is 9.43. The molecule has 3 heterocycles. The fourth-order valence-electron chi connectivity index (χ4n) is 1.86. The third kappa shape index (κ3) is 1.89. The Hall–Kier alpha value is -1.89. The van der Waals surface area contributed by atoms with Crippen LogP contribution in [0.1, 0.15) is 6.42 Å². The number of nitrogens with one attached hydrogen (secondary N) is 2. The maximum atomic E-state index is 5.31. The quantitative estimate of drug-likeness (QED) is 0.808. The summed E-state index contributed by atoms with van der Waals surface area (Å²) in [5.74, 6) is 0.737. The van der Waals surface area contributed by atoms with Gasteiger partial charge in [-0.15, -0.1) is 0 Å². The zero-order chi connectivity index (χ0) is 11.7. The monoisotopic (exact) mass is 235 g/mol. The number of methoxy groups -OCH3 is 1. The first-order valence-electron chi connectivity index (χ1n) is 5.46. The lowest BCUT2D eigenvalue weighted by molar-refractivity contribution is 0.195. The van der Waals surface area contributed by atoms with E-state index < -0.39 is 0 Å². The summed E-state index contributed by atoms with van der Waals surface area (Å²) in [5.41, 5.74) is 1.36. The first-order valence-corrected chi connectivity index (χ1v) is 5.46. The second kappa shape index (κ2) is 4.17. The number of imidazole rings is 1. The van der Waals surface area contributed by atoms with Gasteiger partial charge < -0.3 is 19.8 Å². The van der Waals surface area contributed by atoms with Gasteiger partial charge in [0.1, 0.15) is 11.8 Å². The van der Waals surface area contributed by atoms with Crippen LogP contribution in [0, 0.1) is 0 Å². The highest BCUT2D eigenvalue weighted by atomic mass is 16.5. The SMILES string of the molecule is COc1nc2ncnc(N[C@@H]3CCOC3)c2[nH]1. The molecular formula is C10H13N5O2. The molecule has 0 saturated carbocycles. The minimum absolute atomic E-state index is 0.294. The summed E-state index contributed by atoms with van der Waals surface area (Å²) in [4.78, 5) is 15.5. The van der Waals surface area contributed by atoms with Crippen molar-refractivity contribution in [3.63, 3.8) is 0 Å². The molecule has 0 aromatic carbocycles. The van der Waals surface area contributed by atoms with Crippen LogP contribution in [0.2, 0.25) is 0 Å². The van der Waals surface area contributed by atoms with E-state index in [1.807, 2.05) is 0 Å². The maximum Gasteiger partial charge on any atom is 0.295 e. The maximum absolute atomic E-state index is 5.31. The molecule has 0 radical (unpaired) electrons. The molecule has 1 aliphatic heterocycles. The number of ether oxygens (including phenoxy) is 2. The van der Waals surface area contributed by atoms with Crippen LogP contribution in [0.4, 0.5) is 5.82 Å². The van der Waals surface area contributed by atoms with Crippen LogP contribution < -0.4 is 10.1 Å². The molecule has 7 heteroatoms. The van der Waals surface area contributed by atoms with Gasteiger partial charge >= 0.3 is 0 Å². The lowest BCUT2D eigenvalue weighted by atomic mass is 10.2. The Labute approximate surface area is 97.6 Å². The van der Waals surface area contributed by atoms with Crippen molar-refractivity contribution in [2.45, 2.75) is 12.5 Å². The van der Waals surface area contributed by atoms with E-state index in [1.54, 1.807) is 7.11 Å². The van der Waals surface area contributed by atoms with E-state index in [9.17, 15) is 0 Å². The Morgan fingerprint density at radius 1 is 1.53 bits per heavy atom. The third-order valence-corrected chi connectivity index (χ3v) is 2.73. The minimum atomic E-state index is 0.294. The van der Waals surface area contributed by atoms with Gasteiger partial charge in [0.2, 0.25) is 0 Å². The molecule has 0 unspecified atom stereocenters. The van der Waals surface area contributed by atoms with Crippen LogP contribution in [0.5, 0.6) is 6.01 Å². The Morgan fingerprint density at radius 3 is 3.24 bits per heavy atom. The van der Waals surface area contributed by atoms with E-state index in [0.717, 1.165) is 24.4 Å². The van der Waals surface area contributed by atoms with Crippen molar-refractivity contribution in [1.82, 2.24) is 19.9 Å².